The van der Waals surface area contributed by atoms with Crippen molar-refractivity contribution in [1.29, 1.82) is 0 Å². The minimum Gasteiger partial charge on any atom is -0.373 e. The average Bonchev–Trinajstić information content (AvgIpc) is 3.06. The van der Waals surface area contributed by atoms with Gasteiger partial charge in [0.1, 0.15) is 11.6 Å². The van der Waals surface area contributed by atoms with E-state index in [0.29, 0.717) is 23.6 Å². The fraction of sp³-hybridized carbons (Fsp3) is 0.545. The van der Waals surface area contributed by atoms with Crippen LogP contribution < -0.4 is 10.6 Å². The summed E-state index contributed by atoms with van der Waals surface area (Å²) in [6.45, 7) is 2.15. The maximum Gasteiger partial charge on any atom is 0.276 e. The lowest BCUT2D eigenvalue weighted by atomic mass is 10.3. The van der Waals surface area contributed by atoms with Crippen molar-refractivity contribution in [2.75, 3.05) is 17.7 Å². The van der Waals surface area contributed by atoms with Crippen molar-refractivity contribution in [1.82, 2.24) is 4.98 Å². The number of rotatable bonds is 5. The second-order valence-electron chi connectivity index (χ2n) is 4.26. The molecule has 0 saturated heterocycles. The van der Waals surface area contributed by atoms with Crippen LogP contribution >= 0.6 is 0 Å². The van der Waals surface area contributed by atoms with Gasteiger partial charge in [0.2, 0.25) is 0 Å². The van der Waals surface area contributed by atoms with Gasteiger partial charge in [-0.2, -0.15) is 0 Å². The van der Waals surface area contributed by atoms with E-state index in [1.165, 1.54) is 12.1 Å². The van der Waals surface area contributed by atoms with Crippen molar-refractivity contribution in [3.63, 3.8) is 0 Å². The Labute approximate surface area is 99.6 Å². The van der Waals surface area contributed by atoms with E-state index >= 15 is 0 Å². The summed E-state index contributed by atoms with van der Waals surface area (Å²) in [5.74, 6) is 1.76. The average molecular weight is 236 g/mol. The number of hydrogen-bond donors (Lipinski definition) is 2. The van der Waals surface area contributed by atoms with Gasteiger partial charge in [0.15, 0.2) is 0 Å². The first-order valence-corrected chi connectivity index (χ1v) is 5.74. The molecule has 2 rings (SSSR count). The number of anilines is 2. The van der Waals surface area contributed by atoms with Crippen LogP contribution in [-0.2, 0) is 0 Å². The van der Waals surface area contributed by atoms with E-state index in [9.17, 15) is 10.1 Å². The molecule has 92 valence electrons. The smallest absolute Gasteiger partial charge is 0.276 e. The van der Waals surface area contributed by atoms with E-state index in [2.05, 4.69) is 22.5 Å². The van der Waals surface area contributed by atoms with Crippen molar-refractivity contribution < 1.29 is 4.92 Å². The Bertz CT molecular complexity index is 435. The van der Waals surface area contributed by atoms with Gasteiger partial charge in [-0.1, -0.05) is 13.3 Å². The quantitative estimate of drug-likeness (QED) is 0.605. The highest BCUT2D eigenvalue weighted by Gasteiger charge is 2.35. The van der Waals surface area contributed by atoms with Crippen molar-refractivity contribution >= 4 is 17.3 Å². The molecule has 2 N–H and O–H groups in total. The maximum absolute atomic E-state index is 10.8. The second kappa shape index (κ2) is 4.57. The summed E-state index contributed by atoms with van der Waals surface area (Å²) < 4.78 is 0. The summed E-state index contributed by atoms with van der Waals surface area (Å²) in [6.07, 6.45) is 2.25. The summed E-state index contributed by atoms with van der Waals surface area (Å²) in [5, 5.41) is 16.8. The second-order valence-corrected chi connectivity index (χ2v) is 4.26. The molecule has 17 heavy (non-hydrogen) atoms. The summed E-state index contributed by atoms with van der Waals surface area (Å²) in [4.78, 5) is 14.6. The molecule has 1 aliphatic rings. The van der Waals surface area contributed by atoms with Crippen LogP contribution in [0.5, 0.6) is 0 Å². The predicted molar refractivity (Wildman–Crippen MR) is 66.2 cm³/mol. The van der Waals surface area contributed by atoms with E-state index in [4.69, 9.17) is 0 Å². The Morgan fingerprint density at radius 3 is 2.76 bits per heavy atom. The zero-order chi connectivity index (χ0) is 12.4. The summed E-state index contributed by atoms with van der Waals surface area (Å²) >= 11 is 0. The summed E-state index contributed by atoms with van der Waals surface area (Å²) in [5.41, 5.74) is 0.0561. The van der Waals surface area contributed by atoms with Crippen molar-refractivity contribution in [3.05, 3.63) is 22.2 Å². The number of nitro groups is 1. The first-order chi connectivity index (χ1) is 8.13. The monoisotopic (exact) mass is 236 g/mol. The van der Waals surface area contributed by atoms with Crippen LogP contribution in [0.4, 0.5) is 17.3 Å². The number of aromatic nitrogens is 1. The lowest BCUT2D eigenvalue weighted by Crippen LogP contribution is -2.07. The number of nitrogens with one attached hydrogen (secondary N) is 2. The lowest BCUT2D eigenvalue weighted by molar-refractivity contribution is -0.384. The van der Waals surface area contributed by atoms with Crippen LogP contribution in [0.15, 0.2) is 12.1 Å². The summed E-state index contributed by atoms with van der Waals surface area (Å²) in [6, 6.07) is 3.32. The van der Waals surface area contributed by atoms with E-state index in [-0.39, 0.29) is 5.69 Å². The van der Waals surface area contributed by atoms with Gasteiger partial charge in [-0.25, -0.2) is 4.98 Å². The number of hydrogen-bond acceptors (Lipinski definition) is 5. The predicted octanol–water partition coefficient (Wildman–Crippen LogP) is 2.24. The molecular weight excluding hydrogens is 220 g/mol. The van der Waals surface area contributed by atoms with Gasteiger partial charge in [-0.15, -0.1) is 0 Å². The third-order valence-corrected chi connectivity index (χ3v) is 3.06. The molecule has 0 bridgehead atoms. The Kier molecular flexibility index (Phi) is 3.12. The molecule has 1 aliphatic carbocycles. The highest BCUT2D eigenvalue weighted by atomic mass is 16.6. The van der Waals surface area contributed by atoms with E-state index in [1.807, 2.05) is 0 Å². The van der Waals surface area contributed by atoms with Crippen molar-refractivity contribution in [3.8, 4) is 0 Å². The first-order valence-electron chi connectivity index (χ1n) is 5.74. The molecule has 6 nitrogen and oxygen atoms in total. The fourth-order valence-corrected chi connectivity index (χ4v) is 1.89. The minimum absolute atomic E-state index is 0.0561. The Morgan fingerprint density at radius 2 is 2.24 bits per heavy atom. The Morgan fingerprint density at radius 1 is 1.53 bits per heavy atom. The topological polar surface area (TPSA) is 80.1 Å². The Balaban J connectivity index is 2.15. The minimum atomic E-state index is -0.405. The molecule has 0 spiro atoms. The third-order valence-electron chi connectivity index (χ3n) is 3.06. The zero-order valence-electron chi connectivity index (χ0n) is 9.93. The molecule has 0 radical (unpaired) electrons. The molecule has 2 atom stereocenters. The van der Waals surface area contributed by atoms with E-state index < -0.39 is 4.92 Å². The normalized spacial score (nSPS) is 22.0. The highest BCUT2D eigenvalue weighted by molar-refractivity contribution is 5.55. The third kappa shape index (κ3) is 2.64. The van der Waals surface area contributed by atoms with Gasteiger partial charge in [0.25, 0.3) is 5.69 Å². The molecule has 2 unspecified atom stereocenters. The lowest BCUT2D eigenvalue weighted by Gasteiger charge is -2.07. The standard InChI is InChI=1S/C11H16N4O2/c1-3-7-4-9(7)13-11-6-8(15(16)17)5-10(12-2)14-11/h5-7,9H,3-4H2,1-2H3,(H2,12,13,14). The SMILES string of the molecule is CCC1CC1Nc1cc([N+](=O)[O-])cc(NC)n1. The largest absolute Gasteiger partial charge is 0.373 e. The first kappa shape index (κ1) is 11.6. The molecule has 6 heteroatoms. The van der Waals surface area contributed by atoms with Crippen LogP contribution in [0.25, 0.3) is 0 Å². The van der Waals surface area contributed by atoms with Crippen LogP contribution in [0, 0.1) is 16.0 Å². The Hall–Kier alpha value is -1.85. The van der Waals surface area contributed by atoms with Crippen molar-refractivity contribution in [2.45, 2.75) is 25.8 Å². The van der Waals surface area contributed by atoms with E-state index in [0.717, 1.165) is 12.8 Å². The fourth-order valence-electron chi connectivity index (χ4n) is 1.89. The van der Waals surface area contributed by atoms with Crippen molar-refractivity contribution in [2.24, 2.45) is 5.92 Å². The maximum atomic E-state index is 10.8. The van der Waals surface area contributed by atoms with Gasteiger partial charge in [0, 0.05) is 13.1 Å². The van der Waals surface area contributed by atoms with Crippen LogP contribution in [0.2, 0.25) is 0 Å². The molecule has 1 aromatic heterocycles. The van der Waals surface area contributed by atoms with Crippen LogP contribution in [0.1, 0.15) is 19.8 Å². The van der Waals surface area contributed by atoms with Crippen LogP contribution in [-0.4, -0.2) is 23.0 Å². The summed E-state index contributed by atoms with van der Waals surface area (Å²) in [7, 11) is 1.70. The van der Waals surface area contributed by atoms with Crippen LogP contribution in [0.3, 0.4) is 0 Å². The molecule has 1 heterocycles. The molecule has 1 aromatic rings. The van der Waals surface area contributed by atoms with Gasteiger partial charge in [-0.3, -0.25) is 10.1 Å². The molecule has 1 saturated carbocycles. The molecular formula is C11H16N4O2. The molecule has 1 fully saturated rings. The highest BCUT2D eigenvalue weighted by Crippen LogP contribution is 2.36. The molecule has 0 aromatic carbocycles. The van der Waals surface area contributed by atoms with Gasteiger partial charge < -0.3 is 10.6 Å². The molecule has 0 amide bonds. The number of pyridine rings is 1. The van der Waals surface area contributed by atoms with E-state index in [1.54, 1.807) is 7.05 Å². The van der Waals surface area contributed by atoms with Gasteiger partial charge in [-0.05, 0) is 12.3 Å². The molecule has 0 aliphatic heterocycles. The van der Waals surface area contributed by atoms with Gasteiger partial charge in [0.05, 0.1) is 17.1 Å². The van der Waals surface area contributed by atoms with Gasteiger partial charge >= 0.3 is 0 Å². The number of nitrogens with zero attached hydrogens (tertiary/aromatic N) is 2. The zero-order valence-corrected chi connectivity index (χ0v) is 9.93.